The highest BCUT2D eigenvalue weighted by molar-refractivity contribution is 5.92. The third-order valence-corrected chi connectivity index (χ3v) is 5.48. The summed E-state index contributed by atoms with van der Waals surface area (Å²) in [5.41, 5.74) is 3.94. The normalized spacial score (nSPS) is 17.0. The molecule has 28 heavy (non-hydrogen) atoms. The van der Waals surface area contributed by atoms with E-state index >= 15 is 0 Å². The second-order valence-electron chi connectivity index (χ2n) is 8.42. The van der Waals surface area contributed by atoms with Crippen LogP contribution in [0.25, 0.3) is 0 Å². The maximum Gasteiger partial charge on any atom is 0.407 e. The lowest BCUT2D eigenvalue weighted by Gasteiger charge is -2.33. The average Bonchev–Trinajstić information content (AvgIpc) is 2.98. The third kappa shape index (κ3) is 4.03. The molecule has 0 saturated heterocycles. The number of nitrogens with zero attached hydrogens (tertiary/aromatic N) is 3. The fourth-order valence-electron chi connectivity index (χ4n) is 3.85. The standard InChI is InChI=1S/C21H28N4O3/c1-21(2,3)17-12-24(20(27)28)8-7-15-9-14(5-6-16(15)17)11-25-13-23-10-18(25)19(26)22-4/h5-6,9-10,13,17H,7-8,11-12H2,1-4H3,(H,22,26)(H,27,28). The number of aromatic nitrogens is 2. The predicted molar refractivity (Wildman–Crippen MR) is 107 cm³/mol. The highest BCUT2D eigenvalue weighted by Gasteiger charge is 2.33. The molecule has 0 bridgehead atoms. The fraction of sp³-hybridized carbons (Fsp3) is 0.476. The van der Waals surface area contributed by atoms with Crippen molar-refractivity contribution in [1.82, 2.24) is 19.8 Å². The van der Waals surface area contributed by atoms with Gasteiger partial charge in [-0.05, 0) is 28.5 Å². The Morgan fingerprint density at radius 2 is 2.07 bits per heavy atom. The maximum atomic E-state index is 12.0. The van der Waals surface area contributed by atoms with Crippen molar-refractivity contribution in [3.63, 3.8) is 0 Å². The van der Waals surface area contributed by atoms with Crippen molar-refractivity contribution < 1.29 is 14.7 Å². The van der Waals surface area contributed by atoms with E-state index in [0.717, 1.165) is 5.56 Å². The zero-order chi connectivity index (χ0) is 20.5. The van der Waals surface area contributed by atoms with Gasteiger partial charge in [-0.1, -0.05) is 39.0 Å². The first-order valence-corrected chi connectivity index (χ1v) is 9.52. The van der Waals surface area contributed by atoms with Crippen molar-refractivity contribution in [2.24, 2.45) is 5.41 Å². The Kier molecular flexibility index (Phi) is 5.45. The summed E-state index contributed by atoms with van der Waals surface area (Å²) in [6.07, 6.45) is 3.04. The molecule has 1 aliphatic heterocycles. The summed E-state index contributed by atoms with van der Waals surface area (Å²) in [4.78, 5) is 29.2. The molecule has 1 unspecified atom stereocenters. The summed E-state index contributed by atoms with van der Waals surface area (Å²) in [7, 11) is 1.60. The molecule has 7 nitrogen and oxygen atoms in total. The van der Waals surface area contributed by atoms with Crippen LogP contribution in [0, 0.1) is 5.41 Å². The van der Waals surface area contributed by atoms with Gasteiger partial charge in [0.1, 0.15) is 5.69 Å². The van der Waals surface area contributed by atoms with Crippen molar-refractivity contribution >= 4 is 12.0 Å². The van der Waals surface area contributed by atoms with Crippen molar-refractivity contribution in [2.75, 3.05) is 20.1 Å². The SMILES string of the molecule is CNC(=O)c1cncn1Cc1ccc2c(c1)CCN(C(=O)O)CC2C(C)(C)C. The van der Waals surface area contributed by atoms with Crippen LogP contribution in [0.4, 0.5) is 4.79 Å². The van der Waals surface area contributed by atoms with E-state index in [9.17, 15) is 14.7 Å². The van der Waals surface area contributed by atoms with Gasteiger partial charge in [0.15, 0.2) is 0 Å². The largest absolute Gasteiger partial charge is 0.465 e. The van der Waals surface area contributed by atoms with Crippen molar-refractivity contribution in [3.8, 4) is 0 Å². The molecule has 2 heterocycles. The van der Waals surface area contributed by atoms with Crippen LogP contribution in [0.2, 0.25) is 0 Å². The lowest BCUT2D eigenvalue weighted by molar-refractivity contribution is 0.0954. The van der Waals surface area contributed by atoms with Gasteiger partial charge < -0.3 is 19.9 Å². The number of hydrogen-bond acceptors (Lipinski definition) is 3. The molecule has 2 amide bonds. The zero-order valence-corrected chi connectivity index (χ0v) is 16.9. The number of imidazole rings is 1. The minimum atomic E-state index is -0.865. The summed E-state index contributed by atoms with van der Waals surface area (Å²) in [5, 5.41) is 12.2. The Bertz CT molecular complexity index is 882. The number of carboxylic acid groups (broad SMARTS) is 1. The highest BCUT2D eigenvalue weighted by Crippen LogP contribution is 2.39. The van der Waals surface area contributed by atoms with E-state index in [1.807, 2.05) is 4.57 Å². The number of rotatable bonds is 3. The van der Waals surface area contributed by atoms with Crippen molar-refractivity contribution in [2.45, 2.75) is 39.7 Å². The van der Waals surface area contributed by atoms with Gasteiger partial charge in [0.05, 0.1) is 12.5 Å². The third-order valence-electron chi connectivity index (χ3n) is 5.48. The zero-order valence-electron chi connectivity index (χ0n) is 16.9. The summed E-state index contributed by atoms with van der Waals surface area (Å²) < 4.78 is 1.82. The molecule has 2 aromatic rings. The van der Waals surface area contributed by atoms with Gasteiger partial charge in [-0.2, -0.15) is 0 Å². The van der Waals surface area contributed by atoms with Crippen LogP contribution in [0.3, 0.4) is 0 Å². The number of benzene rings is 1. The summed E-state index contributed by atoms with van der Waals surface area (Å²) in [5.74, 6) is -0.0398. The van der Waals surface area contributed by atoms with Gasteiger partial charge in [0.2, 0.25) is 0 Å². The number of fused-ring (bicyclic) bond motifs is 1. The minimum Gasteiger partial charge on any atom is -0.465 e. The van der Waals surface area contributed by atoms with Crippen LogP contribution in [0.15, 0.2) is 30.7 Å². The second kappa shape index (κ2) is 7.66. The quantitative estimate of drug-likeness (QED) is 0.852. The minimum absolute atomic E-state index is 0.0506. The number of carbonyl (C=O) groups excluding carboxylic acids is 1. The van der Waals surface area contributed by atoms with Gasteiger partial charge in [0.25, 0.3) is 5.91 Å². The van der Waals surface area contributed by atoms with E-state index < -0.39 is 6.09 Å². The molecule has 150 valence electrons. The van der Waals surface area contributed by atoms with Crippen LogP contribution in [-0.2, 0) is 13.0 Å². The second-order valence-corrected chi connectivity index (χ2v) is 8.42. The first kappa shape index (κ1) is 19.9. The maximum absolute atomic E-state index is 12.0. The number of nitrogens with one attached hydrogen (secondary N) is 1. The van der Waals surface area contributed by atoms with E-state index in [-0.39, 0.29) is 17.2 Å². The molecule has 0 spiro atoms. The molecular formula is C21H28N4O3. The Morgan fingerprint density at radius 1 is 1.32 bits per heavy atom. The lowest BCUT2D eigenvalue weighted by atomic mass is 9.75. The molecule has 1 atom stereocenters. The Morgan fingerprint density at radius 3 is 2.71 bits per heavy atom. The molecular weight excluding hydrogens is 356 g/mol. The topological polar surface area (TPSA) is 87.5 Å². The molecule has 7 heteroatoms. The number of amides is 2. The van der Waals surface area contributed by atoms with Gasteiger partial charge >= 0.3 is 6.09 Å². The summed E-state index contributed by atoms with van der Waals surface area (Å²) in [6.45, 7) is 8.00. The molecule has 0 aliphatic carbocycles. The molecule has 0 radical (unpaired) electrons. The molecule has 1 aliphatic rings. The average molecular weight is 384 g/mol. The van der Waals surface area contributed by atoms with Gasteiger partial charge in [0, 0.05) is 32.6 Å². The van der Waals surface area contributed by atoms with Crippen molar-refractivity contribution in [1.29, 1.82) is 0 Å². The molecule has 2 N–H and O–H groups in total. The molecule has 0 saturated carbocycles. The molecule has 1 aromatic heterocycles. The number of carbonyl (C=O) groups is 2. The first-order chi connectivity index (χ1) is 13.2. The van der Waals surface area contributed by atoms with Gasteiger partial charge in [-0.3, -0.25) is 4.79 Å². The Labute approximate surface area is 165 Å². The smallest absolute Gasteiger partial charge is 0.407 e. The number of hydrogen-bond donors (Lipinski definition) is 2. The van der Waals surface area contributed by atoms with Crippen LogP contribution in [0.5, 0.6) is 0 Å². The summed E-state index contributed by atoms with van der Waals surface area (Å²) in [6, 6.07) is 6.34. The van der Waals surface area contributed by atoms with Gasteiger partial charge in [-0.25, -0.2) is 9.78 Å². The fourth-order valence-corrected chi connectivity index (χ4v) is 3.85. The van der Waals surface area contributed by atoms with Crippen molar-refractivity contribution in [3.05, 3.63) is 53.1 Å². The first-order valence-electron chi connectivity index (χ1n) is 9.52. The van der Waals surface area contributed by atoms with E-state index in [2.05, 4.69) is 49.3 Å². The molecule has 3 rings (SSSR count). The van der Waals surface area contributed by atoms with E-state index in [4.69, 9.17) is 0 Å². The van der Waals surface area contributed by atoms with Crippen LogP contribution in [-0.4, -0.2) is 51.7 Å². The Hall–Kier alpha value is -2.83. The van der Waals surface area contributed by atoms with E-state index in [1.54, 1.807) is 19.6 Å². The van der Waals surface area contributed by atoms with E-state index in [1.165, 1.54) is 16.0 Å². The molecule has 0 fully saturated rings. The molecule has 1 aromatic carbocycles. The monoisotopic (exact) mass is 384 g/mol. The van der Waals surface area contributed by atoms with Crippen LogP contribution in [0.1, 0.15) is 53.9 Å². The van der Waals surface area contributed by atoms with Gasteiger partial charge in [-0.15, -0.1) is 0 Å². The highest BCUT2D eigenvalue weighted by atomic mass is 16.4. The predicted octanol–water partition coefficient (Wildman–Crippen LogP) is 2.96. The lowest BCUT2D eigenvalue weighted by Crippen LogP contribution is -2.36. The van der Waals surface area contributed by atoms with Crippen LogP contribution >= 0.6 is 0 Å². The summed E-state index contributed by atoms with van der Waals surface area (Å²) >= 11 is 0. The Balaban J connectivity index is 1.93. The van der Waals surface area contributed by atoms with Crippen LogP contribution < -0.4 is 5.32 Å². The van der Waals surface area contributed by atoms with E-state index in [0.29, 0.717) is 31.7 Å².